The maximum atomic E-state index is 10.1. The van der Waals surface area contributed by atoms with Crippen LogP contribution in [0.5, 0.6) is 0 Å². The first-order chi connectivity index (χ1) is 10.0. The first kappa shape index (κ1) is 16.4. The van der Waals surface area contributed by atoms with E-state index >= 15 is 0 Å². The molecule has 0 amide bonds. The Balaban J connectivity index is 1.67. The quantitative estimate of drug-likeness (QED) is 0.871. The van der Waals surface area contributed by atoms with Gasteiger partial charge in [-0.3, -0.25) is 4.90 Å². The Bertz CT molecular complexity index is 411. The van der Waals surface area contributed by atoms with Crippen molar-refractivity contribution >= 4 is 0 Å². The van der Waals surface area contributed by atoms with E-state index in [9.17, 15) is 5.11 Å². The Morgan fingerprint density at radius 2 is 1.86 bits per heavy atom. The van der Waals surface area contributed by atoms with Crippen molar-refractivity contribution in [1.82, 2.24) is 4.90 Å². The van der Waals surface area contributed by atoms with Crippen molar-refractivity contribution in [1.29, 1.82) is 0 Å². The number of aliphatic hydroxyl groups excluding tert-OH is 1. The van der Waals surface area contributed by atoms with Crippen molar-refractivity contribution in [2.24, 2.45) is 0 Å². The van der Waals surface area contributed by atoms with Crippen LogP contribution in [0.2, 0.25) is 0 Å². The molecule has 4 nitrogen and oxygen atoms in total. The third kappa shape index (κ3) is 5.75. The number of β-amino-alcohol motifs (C(OH)–C–C–N with tert-alkyl or cyclic N) is 1. The van der Waals surface area contributed by atoms with Gasteiger partial charge in [0.25, 0.3) is 0 Å². The van der Waals surface area contributed by atoms with E-state index in [1.165, 1.54) is 5.56 Å². The molecule has 1 aromatic carbocycles. The van der Waals surface area contributed by atoms with Crippen molar-refractivity contribution in [3.8, 4) is 0 Å². The zero-order valence-electron chi connectivity index (χ0n) is 13.3. The first-order valence-corrected chi connectivity index (χ1v) is 7.72. The summed E-state index contributed by atoms with van der Waals surface area (Å²) in [5, 5.41) is 10.1. The molecule has 1 aliphatic heterocycles. The summed E-state index contributed by atoms with van der Waals surface area (Å²) in [5.74, 6) is 0. The largest absolute Gasteiger partial charge is 0.389 e. The molecule has 1 heterocycles. The molecule has 0 saturated carbocycles. The van der Waals surface area contributed by atoms with Gasteiger partial charge < -0.3 is 14.6 Å². The molecule has 118 valence electrons. The number of aryl methyl sites for hydroxylation is 1. The smallest absolute Gasteiger partial charge is 0.0900 e. The van der Waals surface area contributed by atoms with Gasteiger partial charge in [0.2, 0.25) is 0 Å². The van der Waals surface area contributed by atoms with Gasteiger partial charge in [-0.25, -0.2) is 0 Å². The maximum Gasteiger partial charge on any atom is 0.0900 e. The molecule has 21 heavy (non-hydrogen) atoms. The molecule has 0 unspecified atom stereocenters. The van der Waals surface area contributed by atoms with E-state index < -0.39 is 6.10 Å². The van der Waals surface area contributed by atoms with Gasteiger partial charge in [0, 0.05) is 19.6 Å². The highest BCUT2D eigenvalue weighted by Gasteiger charge is 2.23. The highest BCUT2D eigenvalue weighted by molar-refractivity contribution is 5.20. The molecule has 0 spiro atoms. The van der Waals surface area contributed by atoms with E-state index in [0.29, 0.717) is 19.8 Å². The molecule has 0 radical (unpaired) electrons. The predicted molar refractivity (Wildman–Crippen MR) is 83.3 cm³/mol. The van der Waals surface area contributed by atoms with Crippen LogP contribution in [0, 0.1) is 6.92 Å². The van der Waals surface area contributed by atoms with Crippen LogP contribution in [0.1, 0.15) is 25.0 Å². The van der Waals surface area contributed by atoms with Gasteiger partial charge in [-0.1, -0.05) is 29.8 Å². The Labute approximate surface area is 127 Å². The molecule has 1 aromatic rings. The van der Waals surface area contributed by atoms with E-state index in [1.54, 1.807) is 0 Å². The van der Waals surface area contributed by atoms with Gasteiger partial charge in [-0.15, -0.1) is 0 Å². The van der Waals surface area contributed by atoms with Gasteiger partial charge >= 0.3 is 0 Å². The average Bonchev–Trinajstić information content (AvgIpc) is 2.39. The fraction of sp³-hybridized carbons (Fsp3) is 0.647. The number of aliphatic hydroxyl groups is 1. The summed E-state index contributed by atoms with van der Waals surface area (Å²) in [6, 6.07) is 8.28. The lowest BCUT2D eigenvalue weighted by Crippen LogP contribution is -2.48. The molecule has 0 aromatic heterocycles. The van der Waals surface area contributed by atoms with Crippen molar-refractivity contribution in [3.05, 3.63) is 35.4 Å². The first-order valence-electron chi connectivity index (χ1n) is 7.72. The Kier molecular flexibility index (Phi) is 6.18. The fourth-order valence-electron chi connectivity index (χ4n) is 2.78. The highest BCUT2D eigenvalue weighted by atomic mass is 16.5. The molecule has 2 rings (SSSR count). The molecule has 4 heteroatoms. The number of nitrogens with zero attached hydrogens (tertiary/aromatic N) is 1. The van der Waals surface area contributed by atoms with Crippen molar-refractivity contribution in [2.75, 3.05) is 26.2 Å². The molecule has 1 saturated heterocycles. The van der Waals surface area contributed by atoms with Gasteiger partial charge in [0.05, 0.1) is 31.5 Å². The summed E-state index contributed by atoms with van der Waals surface area (Å²) in [6.07, 6.45) is 0.0109. The Morgan fingerprint density at radius 1 is 1.24 bits per heavy atom. The SMILES string of the molecule is Cc1ccc(COC[C@@H](O)CN2C[C@@H](C)O[C@H](C)C2)cc1. The molecular weight excluding hydrogens is 266 g/mol. The molecule has 1 N–H and O–H groups in total. The molecule has 3 atom stereocenters. The maximum absolute atomic E-state index is 10.1. The molecule has 0 bridgehead atoms. The average molecular weight is 293 g/mol. The Hall–Kier alpha value is -0.940. The van der Waals surface area contributed by atoms with E-state index in [1.807, 2.05) is 0 Å². The van der Waals surface area contributed by atoms with Gasteiger partial charge in [-0.2, -0.15) is 0 Å². The zero-order valence-corrected chi connectivity index (χ0v) is 13.3. The summed E-state index contributed by atoms with van der Waals surface area (Å²) < 4.78 is 11.3. The predicted octanol–water partition coefficient (Wildman–Crippen LogP) is 1.98. The summed E-state index contributed by atoms with van der Waals surface area (Å²) in [6.45, 7) is 9.52. The van der Waals surface area contributed by atoms with Crippen LogP contribution in [0.25, 0.3) is 0 Å². The van der Waals surface area contributed by atoms with Crippen molar-refractivity contribution in [2.45, 2.75) is 45.7 Å². The van der Waals surface area contributed by atoms with Crippen LogP contribution in [-0.4, -0.2) is 54.6 Å². The molecule has 1 aliphatic rings. The number of morpholine rings is 1. The van der Waals surface area contributed by atoms with E-state index in [-0.39, 0.29) is 12.2 Å². The number of hydrogen-bond donors (Lipinski definition) is 1. The van der Waals surface area contributed by atoms with Crippen LogP contribution in [0.15, 0.2) is 24.3 Å². The van der Waals surface area contributed by atoms with Crippen LogP contribution >= 0.6 is 0 Å². The lowest BCUT2D eigenvalue weighted by Gasteiger charge is -2.36. The van der Waals surface area contributed by atoms with Gasteiger partial charge in [0.1, 0.15) is 0 Å². The third-order valence-electron chi connectivity index (χ3n) is 3.66. The topological polar surface area (TPSA) is 41.9 Å². The van der Waals surface area contributed by atoms with Gasteiger partial charge in [-0.05, 0) is 26.3 Å². The Morgan fingerprint density at radius 3 is 2.48 bits per heavy atom. The van der Waals surface area contributed by atoms with Crippen molar-refractivity contribution < 1.29 is 14.6 Å². The standard InChI is InChI=1S/C17H27NO3/c1-13-4-6-16(7-5-13)11-20-12-17(19)10-18-8-14(2)21-15(3)9-18/h4-7,14-15,17,19H,8-12H2,1-3H3/t14-,15-,17+/m1/s1. The highest BCUT2D eigenvalue weighted by Crippen LogP contribution is 2.11. The third-order valence-corrected chi connectivity index (χ3v) is 3.66. The van der Waals surface area contributed by atoms with Gasteiger partial charge in [0.15, 0.2) is 0 Å². The summed E-state index contributed by atoms with van der Waals surface area (Å²) in [4.78, 5) is 2.25. The second-order valence-electron chi connectivity index (χ2n) is 6.13. The lowest BCUT2D eigenvalue weighted by atomic mass is 10.2. The minimum Gasteiger partial charge on any atom is -0.389 e. The molecule has 1 fully saturated rings. The van der Waals surface area contributed by atoms with Crippen LogP contribution in [-0.2, 0) is 16.1 Å². The minimum absolute atomic E-state index is 0.231. The monoisotopic (exact) mass is 293 g/mol. The number of hydrogen-bond acceptors (Lipinski definition) is 4. The second kappa shape index (κ2) is 7.90. The number of ether oxygens (including phenoxy) is 2. The molecular formula is C17H27NO3. The lowest BCUT2D eigenvalue weighted by molar-refractivity contribution is -0.0826. The van der Waals surface area contributed by atoms with Crippen molar-refractivity contribution in [3.63, 3.8) is 0 Å². The summed E-state index contributed by atoms with van der Waals surface area (Å²) >= 11 is 0. The minimum atomic E-state index is -0.451. The molecule has 0 aliphatic carbocycles. The summed E-state index contributed by atoms with van der Waals surface area (Å²) in [5.41, 5.74) is 2.38. The number of benzene rings is 1. The van der Waals surface area contributed by atoms with Crippen LogP contribution in [0.4, 0.5) is 0 Å². The number of rotatable bonds is 6. The van der Waals surface area contributed by atoms with Crippen LogP contribution < -0.4 is 0 Å². The van der Waals surface area contributed by atoms with E-state index in [4.69, 9.17) is 9.47 Å². The van der Waals surface area contributed by atoms with E-state index in [0.717, 1.165) is 18.7 Å². The summed E-state index contributed by atoms with van der Waals surface area (Å²) in [7, 11) is 0. The second-order valence-corrected chi connectivity index (χ2v) is 6.13. The fourth-order valence-corrected chi connectivity index (χ4v) is 2.78. The normalized spacial score (nSPS) is 25.0. The van der Waals surface area contributed by atoms with E-state index in [2.05, 4.69) is 49.9 Å². The van der Waals surface area contributed by atoms with Crippen LogP contribution in [0.3, 0.4) is 0 Å². The zero-order chi connectivity index (χ0) is 15.2.